The average Bonchev–Trinajstić information content (AvgIpc) is 2.27. The van der Waals surface area contributed by atoms with Crippen LogP contribution >= 0.6 is 0 Å². The molecule has 1 N–H and O–H groups in total. The molecule has 1 heterocycles. The third kappa shape index (κ3) is 4.49. The van der Waals surface area contributed by atoms with E-state index >= 15 is 0 Å². The quantitative estimate of drug-likeness (QED) is 0.844. The fourth-order valence-electron chi connectivity index (χ4n) is 1.31. The molecule has 0 aromatic carbocycles. The van der Waals surface area contributed by atoms with Gasteiger partial charge < -0.3 is 10.2 Å². The van der Waals surface area contributed by atoms with E-state index < -0.39 is 24.8 Å². The van der Waals surface area contributed by atoms with Gasteiger partial charge in [0, 0.05) is 19.7 Å². The first-order valence-electron chi connectivity index (χ1n) is 5.43. The van der Waals surface area contributed by atoms with E-state index in [1.807, 2.05) is 0 Å². The molecule has 0 saturated heterocycles. The smallest absolute Gasteiger partial charge is 0.354 e. The van der Waals surface area contributed by atoms with Gasteiger partial charge in [0.05, 0.1) is 6.54 Å². The lowest BCUT2D eigenvalue weighted by Gasteiger charge is -2.19. The number of halogens is 5. The van der Waals surface area contributed by atoms with E-state index in [-0.39, 0.29) is 11.8 Å². The Bertz CT molecular complexity index is 421. The minimum Gasteiger partial charge on any atom is -0.354 e. The van der Waals surface area contributed by atoms with E-state index in [4.69, 9.17) is 0 Å². The molecular weight excluding hydrogens is 271 g/mol. The van der Waals surface area contributed by atoms with Crippen molar-refractivity contribution in [2.45, 2.75) is 19.5 Å². The van der Waals surface area contributed by atoms with Crippen molar-refractivity contribution in [3.63, 3.8) is 0 Å². The summed E-state index contributed by atoms with van der Waals surface area (Å²) in [4.78, 5) is 8.00. The van der Waals surface area contributed by atoms with Gasteiger partial charge >= 0.3 is 6.18 Å². The molecule has 0 bridgehead atoms. The van der Waals surface area contributed by atoms with Crippen LogP contribution < -0.4 is 10.2 Å². The Hall–Kier alpha value is -1.67. The summed E-state index contributed by atoms with van der Waals surface area (Å²) in [5, 5.41) is 2.53. The molecule has 0 fully saturated rings. The summed E-state index contributed by atoms with van der Waals surface area (Å²) < 4.78 is 62.4. The van der Waals surface area contributed by atoms with Gasteiger partial charge in [-0.25, -0.2) is 13.8 Å². The minimum atomic E-state index is -4.66. The number of aromatic nitrogens is 2. The number of rotatable bonds is 5. The number of hydrogen-bond acceptors (Lipinski definition) is 4. The molecule has 19 heavy (non-hydrogen) atoms. The summed E-state index contributed by atoms with van der Waals surface area (Å²) in [7, 11) is 1.24. The summed E-state index contributed by atoms with van der Waals surface area (Å²) >= 11 is 0. The van der Waals surface area contributed by atoms with Gasteiger partial charge in [0.1, 0.15) is 5.82 Å². The standard InChI is InChI=1S/C10H13F5N4/c1-3-16-9-17-6(10(13,14)15)4-8(18-9)19(2)5-7(11)12/h4,7H,3,5H2,1-2H3,(H,16,17,18). The molecule has 0 atom stereocenters. The maximum atomic E-state index is 12.6. The predicted molar refractivity (Wildman–Crippen MR) is 60.5 cm³/mol. The minimum absolute atomic E-state index is 0.210. The van der Waals surface area contributed by atoms with Gasteiger partial charge in [-0.15, -0.1) is 0 Å². The molecule has 1 aromatic heterocycles. The van der Waals surface area contributed by atoms with Crippen molar-refractivity contribution in [2.24, 2.45) is 0 Å². The van der Waals surface area contributed by atoms with E-state index in [1.54, 1.807) is 6.92 Å². The zero-order valence-electron chi connectivity index (χ0n) is 10.3. The molecule has 1 rings (SSSR count). The Morgan fingerprint density at radius 2 is 1.95 bits per heavy atom. The van der Waals surface area contributed by atoms with Crippen LogP contribution in [0.15, 0.2) is 6.07 Å². The first kappa shape index (κ1) is 15.4. The second kappa shape index (κ2) is 5.98. The van der Waals surface area contributed by atoms with Crippen LogP contribution in [0.1, 0.15) is 12.6 Å². The third-order valence-corrected chi connectivity index (χ3v) is 2.14. The number of hydrogen-bond donors (Lipinski definition) is 1. The Balaban J connectivity index is 3.12. The maximum Gasteiger partial charge on any atom is 0.433 e. The first-order valence-corrected chi connectivity index (χ1v) is 5.43. The van der Waals surface area contributed by atoms with Gasteiger partial charge in [0.15, 0.2) is 5.69 Å². The van der Waals surface area contributed by atoms with Gasteiger partial charge in [-0.1, -0.05) is 0 Å². The first-order chi connectivity index (χ1) is 8.74. The van der Waals surface area contributed by atoms with Crippen LogP contribution in [0, 0.1) is 0 Å². The SMILES string of the molecule is CCNc1nc(N(C)CC(F)F)cc(C(F)(F)F)n1. The number of nitrogens with zero attached hydrogens (tertiary/aromatic N) is 3. The van der Waals surface area contributed by atoms with E-state index in [9.17, 15) is 22.0 Å². The molecule has 9 heteroatoms. The second-order valence-electron chi connectivity index (χ2n) is 3.73. The van der Waals surface area contributed by atoms with E-state index in [1.165, 1.54) is 7.05 Å². The lowest BCUT2D eigenvalue weighted by molar-refractivity contribution is -0.141. The molecule has 0 unspecified atom stereocenters. The fourth-order valence-corrected chi connectivity index (χ4v) is 1.31. The molecule has 0 radical (unpaired) electrons. The molecule has 0 aliphatic carbocycles. The Morgan fingerprint density at radius 1 is 1.32 bits per heavy atom. The summed E-state index contributed by atoms with van der Waals surface area (Å²) in [6.45, 7) is 1.27. The lowest BCUT2D eigenvalue weighted by atomic mass is 10.3. The van der Waals surface area contributed by atoms with Crippen molar-refractivity contribution < 1.29 is 22.0 Å². The normalized spacial score (nSPS) is 11.8. The number of nitrogens with one attached hydrogen (secondary N) is 1. The monoisotopic (exact) mass is 284 g/mol. The summed E-state index contributed by atoms with van der Waals surface area (Å²) in [6.07, 6.45) is -7.33. The van der Waals surface area contributed by atoms with Crippen LogP contribution in [0.2, 0.25) is 0 Å². The Morgan fingerprint density at radius 3 is 2.42 bits per heavy atom. The molecule has 0 aliphatic heterocycles. The van der Waals surface area contributed by atoms with Crippen molar-refractivity contribution in [3.8, 4) is 0 Å². The topological polar surface area (TPSA) is 41.1 Å². The van der Waals surface area contributed by atoms with Crippen molar-refractivity contribution in [2.75, 3.05) is 30.4 Å². The third-order valence-electron chi connectivity index (χ3n) is 2.14. The molecule has 0 aliphatic rings. The molecule has 0 spiro atoms. The average molecular weight is 284 g/mol. The van der Waals surface area contributed by atoms with Gasteiger partial charge in [-0.3, -0.25) is 0 Å². The number of anilines is 2. The number of alkyl halides is 5. The van der Waals surface area contributed by atoms with Gasteiger partial charge in [0.25, 0.3) is 6.43 Å². The van der Waals surface area contributed by atoms with E-state index in [2.05, 4.69) is 15.3 Å². The summed E-state index contributed by atoms with van der Waals surface area (Å²) in [5.41, 5.74) is -1.17. The summed E-state index contributed by atoms with van der Waals surface area (Å²) in [5.74, 6) is -0.452. The Kier molecular flexibility index (Phi) is 4.84. The van der Waals surface area contributed by atoms with Crippen LogP contribution in [0.3, 0.4) is 0 Å². The fraction of sp³-hybridized carbons (Fsp3) is 0.600. The highest BCUT2D eigenvalue weighted by atomic mass is 19.4. The molecule has 108 valence electrons. The highest BCUT2D eigenvalue weighted by molar-refractivity contribution is 5.45. The van der Waals surface area contributed by atoms with E-state index in [0.29, 0.717) is 12.6 Å². The van der Waals surface area contributed by atoms with Gasteiger partial charge in [-0.2, -0.15) is 18.2 Å². The van der Waals surface area contributed by atoms with Crippen molar-refractivity contribution in [3.05, 3.63) is 11.8 Å². The molecule has 1 aromatic rings. The largest absolute Gasteiger partial charge is 0.433 e. The van der Waals surface area contributed by atoms with Gasteiger partial charge in [-0.05, 0) is 6.92 Å². The summed E-state index contributed by atoms with van der Waals surface area (Å²) in [6, 6.07) is 0.642. The predicted octanol–water partition coefficient (Wildman–Crippen LogP) is 2.63. The van der Waals surface area contributed by atoms with Crippen LogP contribution in [0.25, 0.3) is 0 Å². The van der Waals surface area contributed by atoms with Crippen LogP contribution in [-0.2, 0) is 6.18 Å². The lowest BCUT2D eigenvalue weighted by Crippen LogP contribution is -2.26. The van der Waals surface area contributed by atoms with Crippen LogP contribution in [0.4, 0.5) is 33.7 Å². The zero-order valence-corrected chi connectivity index (χ0v) is 10.3. The van der Waals surface area contributed by atoms with Crippen molar-refractivity contribution >= 4 is 11.8 Å². The van der Waals surface area contributed by atoms with Crippen LogP contribution in [0.5, 0.6) is 0 Å². The maximum absolute atomic E-state index is 12.6. The second-order valence-corrected chi connectivity index (χ2v) is 3.73. The molecular formula is C10H13F5N4. The molecule has 0 saturated carbocycles. The zero-order chi connectivity index (χ0) is 14.6. The van der Waals surface area contributed by atoms with Crippen LogP contribution in [-0.4, -0.2) is 36.5 Å². The van der Waals surface area contributed by atoms with E-state index in [0.717, 1.165) is 4.90 Å². The highest BCUT2D eigenvalue weighted by Crippen LogP contribution is 2.30. The van der Waals surface area contributed by atoms with Crippen molar-refractivity contribution in [1.29, 1.82) is 0 Å². The molecule has 0 amide bonds. The van der Waals surface area contributed by atoms with Crippen molar-refractivity contribution in [1.82, 2.24) is 9.97 Å². The molecule has 4 nitrogen and oxygen atoms in total. The highest BCUT2D eigenvalue weighted by Gasteiger charge is 2.34. The Labute approximate surface area is 106 Å². The van der Waals surface area contributed by atoms with Gasteiger partial charge in [0.2, 0.25) is 5.95 Å².